The van der Waals surface area contributed by atoms with E-state index in [0.717, 1.165) is 23.8 Å². The zero-order valence-electron chi connectivity index (χ0n) is 13.7. The highest BCUT2D eigenvalue weighted by Gasteiger charge is 2.54. The molecule has 28 heavy (non-hydrogen) atoms. The van der Waals surface area contributed by atoms with Crippen molar-refractivity contribution in [3.63, 3.8) is 0 Å². The van der Waals surface area contributed by atoms with Crippen LogP contribution in [0.3, 0.4) is 0 Å². The number of aromatic hydroxyl groups is 1. The van der Waals surface area contributed by atoms with Crippen molar-refractivity contribution in [3.05, 3.63) is 79.0 Å². The Morgan fingerprint density at radius 3 is 2.36 bits per heavy atom. The van der Waals surface area contributed by atoms with E-state index in [0.29, 0.717) is 24.2 Å². The summed E-state index contributed by atoms with van der Waals surface area (Å²) in [5.41, 5.74) is 1.76. The van der Waals surface area contributed by atoms with E-state index in [1.54, 1.807) is 6.07 Å². The fraction of sp³-hybridized carbons (Fsp3) is 0.0500. The van der Waals surface area contributed by atoms with E-state index >= 15 is 0 Å². The molecule has 2 aliphatic heterocycles. The fourth-order valence-corrected chi connectivity index (χ4v) is 7.49. The van der Waals surface area contributed by atoms with Crippen molar-refractivity contribution in [1.82, 2.24) is 0 Å². The van der Waals surface area contributed by atoms with Crippen LogP contribution < -0.4 is 4.74 Å². The molecule has 0 bridgehead atoms. The molecule has 0 amide bonds. The first kappa shape index (κ1) is 19.6. The Hall–Kier alpha value is -0.350. The highest BCUT2D eigenvalue weighted by molar-refractivity contribution is 14.1. The molecule has 3 aromatic carbocycles. The van der Waals surface area contributed by atoms with Crippen LogP contribution in [0.4, 0.5) is 0 Å². The fourth-order valence-electron chi connectivity index (χ4n) is 3.74. The van der Waals surface area contributed by atoms with Gasteiger partial charge in [-0.05, 0) is 115 Å². The van der Waals surface area contributed by atoms with Gasteiger partial charge >= 0.3 is 5.97 Å². The molecule has 0 aromatic heterocycles. The molecule has 1 spiro atoms. The minimum Gasteiger partial charge on any atom is -0.506 e. The number of ether oxygens (including phenoxy) is 2. The maximum atomic E-state index is 12.8. The molecule has 4 nitrogen and oxygen atoms in total. The van der Waals surface area contributed by atoms with E-state index in [1.165, 1.54) is 0 Å². The highest BCUT2D eigenvalue weighted by atomic mass is 127. The molecule has 5 rings (SSSR count). The first-order valence-electron chi connectivity index (χ1n) is 8.06. The van der Waals surface area contributed by atoms with Crippen molar-refractivity contribution in [1.29, 1.82) is 0 Å². The van der Waals surface area contributed by atoms with Gasteiger partial charge in [0.2, 0.25) is 0 Å². The first-order valence-corrected chi connectivity index (χ1v) is 12.4. The lowest BCUT2D eigenvalue weighted by Crippen LogP contribution is -2.34. The van der Waals surface area contributed by atoms with Crippen molar-refractivity contribution < 1.29 is 19.4 Å². The van der Waals surface area contributed by atoms with Crippen molar-refractivity contribution in [2.45, 2.75) is 5.60 Å². The summed E-state index contributed by atoms with van der Waals surface area (Å²) in [6.07, 6.45) is 0. The third kappa shape index (κ3) is 2.58. The van der Waals surface area contributed by atoms with Crippen LogP contribution in [0.25, 0.3) is 0 Å². The monoisotopic (exact) mass is 820 g/mol. The lowest BCUT2D eigenvalue weighted by molar-refractivity contribution is 0.0222. The standard InChI is InChI=1S/C20H8I4O4/c21-8-5-11-17(14(23)6-8)27-18-12(7-13(22)16(25)15(18)24)20(11)10-4-2-1-3-9(10)19(26)28-20/h1-7,25H. The summed E-state index contributed by atoms with van der Waals surface area (Å²) in [5, 5.41) is 10.5. The Kier molecular flexibility index (Phi) is 4.79. The maximum Gasteiger partial charge on any atom is 0.340 e. The van der Waals surface area contributed by atoms with E-state index in [2.05, 4.69) is 90.4 Å². The van der Waals surface area contributed by atoms with Gasteiger partial charge in [0.1, 0.15) is 11.5 Å². The van der Waals surface area contributed by atoms with Crippen molar-refractivity contribution in [3.8, 4) is 17.2 Å². The Labute approximate surface area is 214 Å². The van der Waals surface area contributed by atoms with Crippen LogP contribution in [0.1, 0.15) is 27.0 Å². The smallest absolute Gasteiger partial charge is 0.340 e. The van der Waals surface area contributed by atoms with Crippen LogP contribution in [-0.4, -0.2) is 11.1 Å². The summed E-state index contributed by atoms with van der Waals surface area (Å²) in [4.78, 5) is 12.8. The van der Waals surface area contributed by atoms with Crippen molar-refractivity contribution >= 4 is 96.3 Å². The average Bonchev–Trinajstić information content (AvgIpc) is 2.96. The van der Waals surface area contributed by atoms with Gasteiger partial charge in [-0.25, -0.2) is 4.79 Å². The molecule has 0 fully saturated rings. The van der Waals surface area contributed by atoms with Crippen LogP contribution in [0.5, 0.6) is 17.2 Å². The van der Waals surface area contributed by atoms with Gasteiger partial charge in [-0.2, -0.15) is 0 Å². The molecule has 1 unspecified atom stereocenters. The molecule has 2 heterocycles. The number of halogens is 4. The van der Waals surface area contributed by atoms with E-state index in [1.807, 2.05) is 36.4 Å². The number of benzene rings is 3. The first-order chi connectivity index (χ1) is 13.3. The second-order valence-corrected chi connectivity index (χ2v) is 11.0. The molecule has 0 saturated carbocycles. The van der Waals surface area contributed by atoms with Gasteiger partial charge < -0.3 is 14.6 Å². The predicted molar refractivity (Wildman–Crippen MR) is 137 cm³/mol. The molecule has 8 heteroatoms. The quantitative estimate of drug-likeness (QED) is 0.212. The van der Waals surface area contributed by atoms with Gasteiger partial charge in [-0.3, -0.25) is 0 Å². The maximum absolute atomic E-state index is 12.8. The highest BCUT2D eigenvalue weighted by Crippen LogP contribution is 2.59. The molecule has 3 aromatic rings. The second-order valence-electron chi connectivity index (χ2n) is 6.38. The molecular weight excluding hydrogens is 812 g/mol. The third-order valence-electron chi connectivity index (χ3n) is 4.89. The number of phenolic OH excluding ortho intramolecular Hbond substituents is 1. The minimum absolute atomic E-state index is 0.164. The van der Waals surface area contributed by atoms with Gasteiger partial charge in [0.05, 0.1) is 21.8 Å². The number of hydrogen-bond acceptors (Lipinski definition) is 4. The van der Waals surface area contributed by atoms with Crippen molar-refractivity contribution in [2.75, 3.05) is 0 Å². The number of hydrogen-bond donors (Lipinski definition) is 1. The van der Waals surface area contributed by atoms with Gasteiger partial charge in [-0.1, -0.05) is 18.2 Å². The summed E-state index contributed by atoms with van der Waals surface area (Å²) in [6.45, 7) is 0. The number of carbonyl (C=O) groups excluding carboxylic acids is 1. The molecule has 140 valence electrons. The molecule has 1 N–H and O–H groups in total. The Balaban J connectivity index is 1.98. The number of rotatable bonds is 0. The Morgan fingerprint density at radius 1 is 0.857 bits per heavy atom. The lowest BCUT2D eigenvalue weighted by atomic mass is 9.78. The van der Waals surface area contributed by atoms with E-state index < -0.39 is 5.60 Å². The van der Waals surface area contributed by atoms with Gasteiger partial charge in [0.15, 0.2) is 11.4 Å². The van der Waals surface area contributed by atoms with Crippen LogP contribution in [0, 0.1) is 14.3 Å². The number of esters is 1. The topological polar surface area (TPSA) is 55.8 Å². The zero-order chi connectivity index (χ0) is 19.8. The number of fused-ring (bicyclic) bond motifs is 6. The van der Waals surface area contributed by atoms with E-state index in [4.69, 9.17) is 9.47 Å². The lowest BCUT2D eigenvalue weighted by Gasteiger charge is -2.37. The van der Waals surface area contributed by atoms with Crippen LogP contribution in [0.15, 0.2) is 42.5 Å². The summed E-state index contributed by atoms with van der Waals surface area (Å²) < 4.78 is 15.7. The van der Waals surface area contributed by atoms with Gasteiger partial charge in [0.25, 0.3) is 0 Å². The van der Waals surface area contributed by atoms with Crippen LogP contribution >= 0.6 is 90.4 Å². The molecule has 0 saturated heterocycles. The van der Waals surface area contributed by atoms with Crippen molar-refractivity contribution in [2.24, 2.45) is 0 Å². The Morgan fingerprint density at radius 2 is 1.57 bits per heavy atom. The van der Waals surface area contributed by atoms with Gasteiger partial charge in [0, 0.05) is 14.7 Å². The number of carbonyl (C=O) groups is 1. The predicted octanol–water partition coefficient (Wildman–Crippen LogP) is 6.38. The summed E-state index contributed by atoms with van der Waals surface area (Å²) in [5.74, 6) is 0.976. The molecule has 2 aliphatic rings. The largest absolute Gasteiger partial charge is 0.506 e. The SMILES string of the molecule is O=C1OC2(c3ccccc31)c1cc(I)cc(I)c1Oc1c2cc(I)c(O)c1I. The second kappa shape index (κ2) is 6.83. The molecular formula is C20H8I4O4. The Bertz CT molecular complexity index is 1210. The van der Waals surface area contributed by atoms with E-state index in [9.17, 15) is 9.90 Å². The molecule has 1 atom stereocenters. The summed E-state index contributed by atoms with van der Waals surface area (Å²) >= 11 is 8.66. The molecule has 0 aliphatic carbocycles. The third-order valence-corrected chi connectivity index (χ3v) is 8.14. The van der Waals surface area contributed by atoms with Crippen LogP contribution in [0.2, 0.25) is 0 Å². The number of phenols is 1. The minimum atomic E-state index is -1.11. The molecule has 0 radical (unpaired) electrons. The van der Waals surface area contributed by atoms with E-state index in [-0.39, 0.29) is 11.7 Å². The normalized spacial score (nSPS) is 18.9. The van der Waals surface area contributed by atoms with Crippen LogP contribution in [-0.2, 0) is 10.3 Å². The summed E-state index contributed by atoms with van der Waals surface area (Å²) in [7, 11) is 0. The van der Waals surface area contributed by atoms with Gasteiger partial charge in [-0.15, -0.1) is 0 Å². The zero-order valence-corrected chi connectivity index (χ0v) is 22.4. The summed E-state index contributed by atoms with van der Waals surface area (Å²) in [6, 6.07) is 13.3. The average molecular weight is 820 g/mol.